The average molecular weight is 572 g/mol. The molecule has 0 spiro atoms. The van der Waals surface area contributed by atoms with E-state index in [4.69, 9.17) is 10.2 Å². The third-order valence-corrected chi connectivity index (χ3v) is 6.49. The van der Waals surface area contributed by atoms with Gasteiger partial charge in [-0.1, -0.05) is 155 Å². The van der Waals surface area contributed by atoms with Gasteiger partial charge in [0.05, 0.1) is 0 Å². The van der Waals surface area contributed by atoms with E-state index >= 15 is 0 Å². The van der Waals surface area contributed by atoms with Gasteiger partial charge >= 0.3 is 11.9 Å². The molecule has 2 N–H and O–H groups in total. The molecule has 0 aliphatic heterocycles. The van der Waals surface area contributed by atoms with Gasteiger partial charge in [-0.25, -0.2) is 0 Å². The normalized spacial score (nSPS) is 10.3. The summed E-state index contributed by atoms with van der Waals surface area (Å²) in [5.41, 5.74) is 0. The average Bonchev–Trinajstić information content (AvgIpc) is 2.80. The van der Waals surface area contributed by atoms with Gasteiger partial charge in [-0.2, -0.15) is 0 Å². The maximum atomic E-state index is 10.3. The predicted molar refractivity (Wildman–Crippen MR) is 152 cm³/mol. The third-order valence-electron chi connectivity index (χ3n) is 6.49. The van der Waals surface area contributed by atoms with Crippen molar-refractivity contribution < 1.29 is 19.8 Å². The van der Waals surface area contributed by atoms with Crippen molar-refractivity contribution in [3.63, 3.8) is 0 Å². The predicted octanol–water partition coefficient (Wildman–Crippen LogP) is 9.94. The fourth-order valence-corrected chi connectivity index (χ4v) is 4.23. The number of hydrogen-bond donors (Lipinski definition) is 2. The Bertz CT molecular complexity index is 377. The first-order valence-electron chi connectivity index (χ1n) is 15.0. The number of carboxylic acid groups (broad SMARTS) is 2. The van der Waals surface area contributed by atoms with Crippen LogP contribution < -0.4 is 0 Å². The van der Waals surface area contributed by atoms with Gasteiger partial charge in [0, 0.05) is 58.3 Å². The number of aliphatic carboxylic acids is 2. The van der Waals surface area contributed by atoms with E-state index in [9.17, 15) is 9.59 Å². The largest absolute Gasteiger partial charge is 0.481 e. The first kappa shape index (κ1) is 39.9. The van der Waals surface area contributed by atoms with Crippen LogP contribution in [-0.4, -0.2) is 67.6 Å². The van der Waals surface area contributed by atoms with Gasteiger partial charge in [0.1, 0.15) is 0 Å². The molecule has 0 amide bonds. The zero-order chi connectivity index (χ0) is 25.5. The molecule has 0 rings (SSSR count). The Labute approximate surface area is 256 Å². The first-order chi connectivity index (χ1) is 16.5. The van der Waals surface area contributed by atoms with Crippen LogP contribution >= 0.6 is 0 Å². The molecule has 0 atom stereocenters. The minimum Gasteiger partial charge on any atom is -0.481 e. The van der Waals surface area contributed by atoms with Crippen LogP contribution in [0.4, 0.5) is 0 Å². The molecule has 0 aromatic rings. The minimum atomic E-state index is -0.655. The monoisotopic (exact) mass is 572 g/mol. The second-order valence-electron chi connectivity index (χ2n) is 10.1. The van der Waals surface area contributed by atoms with Crippen molar-refractivity contribution in [1.29, 1.82) is 0 Å². The van der Waals surface area contributed by atoms with Crippen molar-refractivity contribution >= 4 is 57.4 Å². The summed E-state index contributed by atoms with van der Waals surface area (Å²) in [4.78, 5) is 20.6. The molecule has 0 aromatic heterocycles. The van der Waals surface area contributed by atoms with Gasteiger partial charge in [-0.05, 0) is 12.8 Å². The summed E-state index contributed by atoms with van der Waals surface area (Å²) >= 11 is 0. The van der Waals surface area contributed by atoms with Crippen LogP contribution in [0.5, 0.6) is 0 Å². The Hall–Kier alpha value is 0.421. The van der Waals surface area contributed by atoms with E-state index < -0.39 is 11.9 Å². The standard InChI is InChI=1S/2C15H30O2.Sr/c2*1-2-3-4-5-6-7-8-9-10-11-12-13-14-15(16)17;/h2*2-14H2,1H3,(H,16,17);. The van der Waals surface area contributed by atoms with Gasteiger partial charge < -0.3 is 10.2 Å². The van der Waals surface area contributed by atoms with Crippen molar-refractivity contribution in [3.8, 4) is 0 Å². The molecule has 0 fully saturated rings. The maximum Gasteiger partial charge on any atom is 0.303 e. The summed E-state index contributed by atoms with van der Waals surface area (Å²) < 4.78 is 0. The molecule has 0 aliphatic rings. The van der Waals surface area contributed by atoms with Gasteiger partial charge in [0.25, 0.3) is 0 Å². The Morgan fingerprint density at radius 2 is 0.543 bits per heavy atom. The van der Waals surface area contributed by atoms with Gasteiger partial charge in [0.2, 0.25) is 0 Å². The van der Waals surface area contributed by atoms with Crippen LogP contribution in [0.25, 0.3) is 0 Å². The summed E-state index contributed by atoms with van der Waals surface area (Å²) in [6, 6.07) is 0. The zero-order valence-electron chi connectivity index (χ0n) is 23.8. The summed E-state index contributed by atoms with van der Waals surface area (Å²) in [6.45, 7) is 4.51. The Balaban J connectivity index is -0.000000569. The summed E-state index contributed by atoms with van der Waals surface area (Å²) in [6.07, 6.45) is 31.6. The summed E-state index contributed by atoms with van der Waals surface area (Å²) in [5.74, 6) is -1.31. The molecule has 4 nitrogen and oxygen atoms in total. The quantitative estimate of drug-likeness (QED) is 0.0799. The molecule has 0 bridgehead atoms. The summed E-state index contributed by atoms with van der Waals surface area (Å²) in [7, 11) is 0. The van der Waals surface area contributed by atoms with E-state index in [2.05, 4.69) is 13.8 Å². The van der Waals surface area contributed by atoms with Crippen molar-refractivity contribution in [2.24, 2.45) is 0 Å². The summed E-state index contributed by atoms with van der Waals surface area (Å²) in [5, 5.41) is 16.9. The van der Waals surface area contributed by atoms with Crippen LogP contribution in [-0.2, 0) is 9.59 Å². The maximum absolute atomic E-state index is 10.3. The Kier molecular flexibility index (Phi) is 41.7. The molecular formula is C30H60O4Sr. The molecular weight excluding hydrogens is 512 g/mol. The molecule has 5 heteroatoms. The zero-order valence-corrected chi connectivity index (χ0v) is 27.3. The van der Waals surface area contributed by atoms with Crippen LogP contribution in [0.2, 0.25) is 0 Å². The fourth-order valence-electron chi connectivity index (χ4n) is 4.23. The van der Waals surface area contributed by atoms with Crippen molar-refractivity contribution in [2.75, 3.05) is 0 Å². The Morgan fingerprint density at radius 1 is 0.371 bits per heavy atom. The second-order valence-corrected chi connectivity index (χ2v) is 10.1. The third kappa shape index (κ3) is 44.8. The smallest absolute Gasteiger partial charge is 0.303 e. The molecule has 0 aliphatic carbocycles. The van der Waals surface area contributed by atoms with Crippen molar-refractivity contribution in [3.05, 3.63) is 0 Å². The van der Waals surface area contributed by atoms with E-state index in [1.54, 1.807) is 0 Å². The molecule has 0 heterocycles. The topological polar surface area (TPSA) is 74.6 Å². The number of carboxylic acids is 2. The van der Waals surface area contributed by atoms with Crippen LogP contribution in [0.1, 0.15) is 181 Å². The van der Waals surface area contributed by atoms with Crippen molar-refractivity contribution in [1.82, 2.24) is 0 Å². The van der Waals surface area contributed by atoms with Gasteiger partial charge in [-0.15, -0.1) is 0 Å². The molecule has 0 aromatic carbocycles. The van der Waals surface area contributed by atoms with Gasteiger partial charge in [0.15, 0.2) is 0 Å². The molecule has 2 radical (unpaired) electrons. The molecule has 35 heavy (non-hydrogen) atoms. The second kappa shape index (κ2) is 36.6. The fraction of sp³-hybridized carbons (Fsp3) is 0.933. The van der Waals surface area contributed by atoms with E-state index in [-0.39, 0.29) is 45.5 Å². The van der Waals surface area contributed by atoms with Crippen LogP contribution in [0.15, 0.2) is 0 Å². The molecule has 0 unspecified atom stereocenters. The first-order valence-corrected chi connectivity index (χ1v) is 15.0. The van der Waals surface area contributed by atoms with E-state index in [1.807, 2.05) is 0 Å². The van der Waals surface area contributed by atoms with E-state index in [0.29, 0.717) is 12.8 Å². The van der Waals surface area contributed by atoms with Gasteiger partial charge in [-0.3, -0.25) is 9.59 Å². The SMILES string of the molecule is CCCCCCCCCCCCCCC(=O)O.CCCCCCCCCCCCCCC(=O)O.[Sr]. The Morgan fingerprint density at radius 3 is 0.714 bits per heavy atom. The van der Waals surface area contributed by atoms with Crippen molar-refractivity contribution in [2.45, 2.75) is 181 Å². The molecule has 0 saturated heterocycles. The molecule has 206 valence electrons. The van der Waals surface area contributed by atoms with E-state index in [0.717, 1.165) is 25.7 Å². The minimum absolute atomic E-state index is 0. The number of hydrogen-bond acceptors (Lipinski definition) is 2. The van der Waals surface area contributed by atoms with Crippen LogP contribution in [0, 0.1) is 0 Å². The number of unbranched alkanes of at least 4 members (excludes halogenated alkanes) is 22. The number of carbonyl (C=O) groups is 2. The van der Waals surface area contributed by atoms with E-state index in [1.165, 1.54) is 128 Å². The number of rotatable bonds is 26. The molecule has 0 saturated carbocycles. The van der Waals surface area contributed by atoms with Crippen LogP contribution in [0.3, 0.4) is 0 Å².